The maximum Gasteiger partial charge on any atom is 0.472 e. The van der Waals surface area contributed by atoms with E-state index in [-0.39, 0.29) is 38.6 Å². The van der Waals surface area contributed by atoms with Gasteiger partial charge in [0, 0.05) is 19.4 Å². The summed E-state index contributed by atoms with van der Waals surface area (Å²) >= 11 is 0. The molecule has 0 aliphatic heterocycles. The molecule has 0 amide bonds. The van der Waals surface area contributed by atoms with E-state index in [1.54, 1.807) is 0 Å². The van der Waals surface area contributed by atoms with Crippen molar-refractivity contribution in [2.45, 2.75) is 444 Å². The molecule has 0 saturated carbocycles. The average molecular weight is 1330 g/mol. The van der Waals surface area contributed by atoms with Gasteiger partial charge in [0.05, 0.1) is 13.2 Å². The molecule has 9 nitrogen and oxygen atoms in total. The number of ether oxygens (including phenoxy) is 2. The molecule has 548 valence electrons. The summed E-state index contributed by atoms with van der Waals surface area (Å²) in [6, 6.07) is 0. The zero-order chi connectivity index (χ0) is 67.2. The number of phosphoric acid groups is 1. The summed E-state index contributed by atoms with van der Waals surface area (Å²) in [7, 11) is -4.39. The number of esters is 2. The number of unbranched alkanes of at least 4 members (excludes halogenated alkanes) is 58. The van der Waals surface area contributed by atoms with Crippen LogP contribution in [0.4, 0.5) is 0 Å². The number of hydrogen-bond donors (Lipinski definition) is 2. The third kappa shape index (κ3) is 78.8. The summed E-state index contributed by atoms with van der Waals surface area (Å²) < 4.78 is 33.3. The predicted molar refractivity (Wildman–Crippen MR) is 404 cm³/mol. The first kappa shape index (κ1) is 91.0. The monoisotopic (exact) mass is 1330 g/mol. The molecule has 2 unspecified atom stereocenters. The van der Waals surface area contributed by atoms with E-state index >= 15 is 0 Å². The zero-order valence-corrected chi connectivity index (χ0v) is 62.9. The molecule has 0 aromatic carbocycles. The Morgan fingerprint density at radius 2 is 0.559 bits per heavy atom. The zero-order valence-electron chi connectivity index (χ0n) is 62.0. The van der Waals surface area contributed by atoms with Crippen LogP contribution >= 0.6 is 7.82 Å². The van der Waals surface area contributed by atoms with Crippen molar-refractivity contribution in [2.75, 3.05) is 26.4 Å². The van der Waals surface area contributed by atoms with Crippen LogP contribution < -0.4 is 5.73 Å². The van der Waals surface area contributed by atoms with Gasteiger partial charge in [0.1, 0.15) is 6.61 Å². The highest BCUT2D eigenvalue weighted by Gasteiger charge is 2.26. The molecule has 0 rings (SSSR count). The van der Waals surface area contributed by atoms with Crippen LogP contribution in [0.3, 0.4) is 0 Å². The van der Waals surface area contributed by atoms with Crippen LogP contribution in [-0.4, -0.2) is 49.3 Å². The second kappa shape index (κ2) is 79.0. The molecule has 0 saturated heterocycles. The Morgan fingerprint density at radius 1 is 0.323 bits per heavy atom. The second-order valence-corrected chi connectivity index (χ2v) is 29.4. The minimum absolute atomic E-state index is 0.0561. The summed E-state index contributed by atoms with van der Waals surface area (Å²) in [6.07, 6.45) is 103. The van der Waals surface area contributed by atoms with Gasteiger partial charge in [-0.1, -0.05) is 396 Å². The van der Waals surface area contributed by atoms with Crippen molar-refractivity contribution in [2.24, 2.45) is 5.73 Å². The number of hydrogen-bond acceptors (Lipinski definition) is 8. The van der Waals surface area contributed by atoms with Gasteiger partial charge in [0.2, 0.25) is 0 Å². The van der Waals surface area contributed by atoms with Crippen LogP contribution in [0, 0.1) is 0 Å². The van der Waals surface area contributed by atoms with Gasteiger partial charge < -0.3 is 20.1 Å². The molecule has 0 aliphatic carbocycles. The molecule has 10 heteroatoms. The Kier molecular flexibility index (Phi) is 77.2. The first-order valence-corrected chi connectivity index (χ1v) is 42.6. The summed E-state index contributed by atoms with van der Waals surface area (Å²) in [4.78, 5) is 35.5. The van der Waals surface area contributed by atoms with E-state index in [0.29, 0.717) is 6.42 Å². The van der Waals surface area contributed by atoms with Gasteiger partial charge in [-0.2, -0.15) is 0 Å². The van der Waals surface area contributed by atoms with Crippen molar-refractivity contribution in [1.82, 2.24) is 0 Å². The van der Waals surface area contributed by atoms with Crippen molar-refractivity contribution in [3.8, 4) is 0 Å². The van der Waals surface area contributed by atoms with E-state index in [0.717, 1.165) is 44.9 Å². The van der Waals surface area contributed by atoms with E-state index in [1.807, 2.05) is 0 Å². The fourth-order valence-corrected chi connectivity index (χ4v) is 13.4. The minimum Gasteiger partial charge on any atom is -0.462 e. The van der Waals surface area contributed by atoms with Gasteiger partial charge in [-0.3, -0.25) is 18.6 Å². The summed E-state index contributed by atoms with van der Waals surface area (Å²) in [5, 5.41) is 0. The number of rotatable bonds is 79. The molecule has 0 bridgehead atoms. The first-order chi connectivity index (χ1) is 45.8. The molecule has 93 heavy (non-hydrogen) atoms. The molecule has 0 spiro atoms. The molecular formula is C83H158NO8P. The normalized spacial score (nSPS) is 13.0. The molecule has 0 radical (unpaired) electrons. The number of nitrogens with two attached hydrogens (primary N) is 1. The summed E-state index contributed by atoms with van der Waals surface area (Å²) in [5.74, 6) is -0.801. The average Bonchev–Trinajstić information content (AvgIpc) is 3.04. The van der Waals surface area contributed by atoms with Crippen LogP contribution in [0.15, 0.2) is 48.6 Å². The highest BCUT2D eigenvalue weighted by molar-refractivity contribution is 7.47. The van der Waals surface area contributed by atoms with E-state index in [1.165, 1.54) is 360 Å². The third-order valence-corrected chi connectivity index (χ3v) is 19.7. The Hall–Kier alpha value is -2.03. The molecule has 0 heterocycles. The van der Waals surface area contributed by atoms with Crippen molar-refractivity contribution >= 4 is 19.8 Å². The number of carbonyl (C=O) groups excluding carboxylic acids is 2. The fourth-order valence-electron chi connectivity index (χ4n) is 12.6. The van der Waals surface area contributed by atoms with Crippen molar-refractivity contribution in [1.29, 1.82) is 0 Å². The molecule has 3 N–H and O–H groups in total. The Labute approximate surface area is 578 Å². The number of carbonyl (C=O) groups is 2. The molecule has 0 aromatic rings. The highest BCUT2D eigenvalue weighted by atomic mass is 31.2. The molecule has 0 aliphatic rings. The molecule has 0 aromatic heterocycles. The van der Waals surface area contributed by atoms with Crippen LogP contribution in [-0.2, 0) is 32.7 Å². The van der Waals surface area contributed by atoms with Gasteiger partial charge >= 0.3 is 19.8 Å². The van der Waals surface area contributed by atoms with Gasteiger partial charge in [0.15, 0.2) is 6.10 Å². The highest BCUT2D eigenvalue weighted by Crippen LogP contribution is 2.43. The van der Waals surface area contributed by atoms with E-state index in [2.05, 4.69) is 62.5 Å². The van der Waals surface area contributed by atoms with Gasteiger partial charge in [-0.05, 0) is 77.0 Å². The largest absolute Gasteiger partial charge is 0.472 e. The van der Waals surface area contributed by atoms with Gasteiger partial charge in [-0.15, -0.1) is 0 Å². The molecule has 2 atom stereocenters. The lowest BCUT2D eigenvalue weighted by molar-refractivity contribution is -0.161. The Morgan fingerprint density at radius 3 is 0.839 bits per heavy atom. The number of phosphoric ester groups is 1. The van der Waals surface area contributed by atoms with Crippen molar-refractivity contribution in [3.05, 3.63) is 48.6 Å². The van der Waals surface area contributed by atoms with Crippen LogP contribution in [0.25, 0.3) is 0 Å². The topological polar surface area (TPSA) is 134 Å². The lowest BCUT2D eigenvalue weighted by Gasteiger charge is -2.19. The maximum atomic E-state index is 12.8. The second-order valence-electron chi connectivity index (χ2n) is 28.0. The van der Waals surface area contributed by atoms with Crippen molar-refractivity contribution < 1.29 is 37.6 Å². The van der Waals surface area contributed by atoms with Crippen LogP contribution in [0.5, 0.6) is 0 Å². The van der Waals surface area contributed by atoms with E-state index < -0.39 is 26.5 Å². The first-order valence-electron chi connectivity index (χ1n) is 41.1. The standard InChI is InChI=1S/C83H158NO8P/c1-3-5-7-9-11-13-15-17-19-21-23-25-27-29-31-33-35-37-39-40-42-44-46-48-50-52-54-56-58-60-62-64-66-68-70-72-74-76-83(86)92-81(80-91-93(87,88)90-78-77-84)79-89-82(85)75-73-71-69-67-65-63-61-59-57-55-53-51-49-47-45-43-41-38-36-34-32-30-28-26-24-22-20-18-16-14-12-10-8-6-4-2/h15,17,21-24,27,29,81H,3-14,16,18-20,25-26,28,30-80,84H2,1-2H3,(H,87,88)/b17-15-,23-21-,24-22-,29-27-. The van der Waals surface area contributed by atoms with E-state index in [9.17, 15) is 19.0 Å². The SMILES string of the molecule is CCCCCCC/C=C\C/C=C\C/C=C\CCCCCCCCCCCCCCCCCCCCCCCCC(=O)OC(COC(=O)CCCCCCCCCCCCCCCCCCCCCCCCC/C=C\CCCCCCCCCC)COP(=O)(O)OCCN. The maximum absolute atomic E-state index is 12.8. The Bertz CT molecular complexity index is 1670. The molecular weight excluding hydrogens is 1170 g/mol. The predicted octanol–water partition coefficient (Wildman–Crippen LogP) is 27.5. The van der Waals surface area contributed by atoms with Crippen LogP contribution in [0.2, 0.25) is 0 Å². The van der Waals surface area contributed by atoms with Gasteiger partial charge in [-0.25, -0.2) is 4.57 Å². The van der Waals surface area contributed by atoms with Gasteiger partial charge in [0.25, 0.3) is 0 Å². The van der Waals surface area contributed by atoms with E-state index in [4.69, 9.17) is 24.3 Å². The lowest BCUT2D eigenvalue weighted by Crippen LogP contribution is -2.29. The lowest BCUT2D eigenvalue weighted by atomic mass is 10.0. The van der Waals surface area contributed by atoms with Crippen LogP contribution in [0.1, 0.15) is 438 Å². The third-order valence-electron chi connectivity index (χ3n) is 18.7. The minimum atomic E-state index is -4.39. The summed E-state index contributed by atoms with van der Waals surface area (Å²) in [6.45, 7) is 3.81. The number of allylic oxidation sites excluding steroid dienone is 8. The van der Waals surface area contributed by atoms with Crippen molar-refractivity contribution in [3.63, 3.8) is 0 Å². The quantitative estimate of drug-likeness (QED) is 0.0264. The molecule has 0 fully saturated rings. The smallest absolute Gasteiger partial charge is 0.462 e. The fraction of sp³-hybridized carbons (Fsp3) is 0.880. The Balaban J connectivity index is 3.75. The summed E-state index contributed by atoms with van der Waals surface area (Å²) in [5.41, 5.74) is 5.42.